The fraction of sp³-hybridized carbons (Fsp3) is 0.111. The van der Waals surface area contributed by atoms with Gasteiger partial charge < -0.3 is 10.6 Å². The van der Waals surface area contributed by atoms with Crippen molar-refractivity contribution in [1.29, 1.82) is 0 Å². The van der Waals surface area contributed by atoms with E-state index in [1.54, 1.807) is 19.4 Å². The Kier molecular flexibility index (Phi) is 5.05. The number of halogens is 1. The van der Waals surface area contributed by atoms with Crippen molar-refractivity contribution < 1.29 is 4.74 Å². The molecule has 3 heterocycles. The van der Waals surface area contributed by atoms with Crippen LogP contribution >= 0.6 is 27.7 Å². The Labute approximate surface area is 172 Å². The van der Waals surface area contributed by atoms with E-state index < -0.39 is 0 Å². The summed E-state index contributed by atoms with van der Waals surface area (Å²) < 4.78 is 8.89. The molecule has 2 N–H and O–H groups in total. The van der Waals surface area contributed by atoms with Crippen LogP contribution in [-0.2, 0) is 5.75 Å². The molecule has 0 bridgehead atoms. The van der Waals surface area contributed by atoms with Crippen LogP contribution in [0.25, 0.3) is 17.0 Å². The van der Waals surface area contributed by atoms with Crippen molar-refractivity contribution in [3.63, 3.8) is 0 Å². The van der Waals surface area contributed by atoms with Crippen molar-refractivity contribution in [3.05, 3.63) is 69.2 Å². The fourth-order valence-electron chi connectivity index (χ4n) is 2.65. The molecule has 0 unspecified atom stereocenters. The van der Waals surface area contributed by atoms with Gasteiger partial charge in [-0.05, 0) is 52.3 Å². The first kappa shape index (κ1) is 18.5. The van der Waals surface area contributed by atoms with Gasteiger partial charge in [0.2, 0.25) is 5.16 Å². The first-order chi connectivity index (χ1) is 13.5. The topological polar surface area (TPSA) is 100 Å². The fourth-order valence-corrected chi connectivity index (χ4v) is 3.74. The van der Waals surface area contributed by atoms with Gasteiger partial charge in [-0.25, -0.2) is 9.66 Å². The van der Waals surface area contributed by atoms with Gasteiger partial charge >= 0.3 is 0 Å². The summed E-state index contributed by atoms with van der Waals surface area (Å²) in [6.45, 7) is 0. The minimum atomic E-state index is -0.143. The quantitative estimate of drug-likeness (QED) is 0.362. The van der Waals surface area contributed by atoms with Gasteiger partial charge in [0.05, 0.1) is 12.8 Å². The van der Waals surface area contributed by atoms with E-state index in [-0.39, 0.29) is 5.56 Å². The van der Waals surface area contributed by atoms with Gasteiger partial charge in [0.1, 0.15) is 11.4 Å². The van der Waals surface area contributed by atoms with E-state index in [0.717, 1.165) is 15.8 Å². The molecule has 0 aliphatic carbocycles. The Hall–Kier alpha value is -2.85. The van der Waals surface area contributed by atoms with Crippen LogP contribution in [0.5, 0.6) is 5.75 Å². The normalized spacial score (nSPS) is 11.1. The van der Waals surface area contributed by atoms with Crippen LogP contribution in [0.3, 0.4) is 0 Å². The monoisotopic (exact) mass is 458 g/mol. The lowest BCUT2D eigenvalue weighted by Crippen LogP contribution is -2.15. The number of nitrogens with zero attached hydrogens (tertiary/aromatic N) is 5. The van der Waals surface area contributed by atoms with E-state index >= 15 is 0 Å². The third kappa shape index (κ3) is 3.60. The van der Waals surface area contributed by atoms with Gasteiger partial charge in [0.25, 0.3) is 5.56 Å². The van der Waals surface area contributed by atoms with Crippen LogP contribution in [0.15, 0.2) is 63.1 Å². The summed E-state index contributed by atoms with van der Waals surface area (Å²) in [6, 6.07) is 12.5. The van der Waals surface area contributed by atoms with Gasteiger partial charge in [-0.3, -0.25) is 9.20 Å². The molecule has 10 heteroatoms. The van der Waals surface area contributed by atoms with Gasteiger partial charge in [0.15, 0.2) is 5.82 Å². The lowest BCUT2D eigenvalue weighted by molar-refractivity contribution is 0.415. The van der Waals surface area contributed by atoms with Crippen LogP contribution in [0, 0.1) is 0 Å². The molecule has 142 valence electrons. The predicted octanol–water partition coefficient (Wildman–Crippen LogP) is 2.73. The molecule has 1 aromatic carbocycles. The molecule has 0 fully saturated rings. The Balaban J connectivity index is 1.55. The van der Waals surface area contributed by atoms with E-state index in [1.807, 2.05) is 30.3 Å². The van der Waals surface area contributed by atoms with Crippen LogP contribution in [0.1, 0.15) is 5.69 Å². The number of hydrogen-bond donors (Lipinski definition) is 1. The number of rotatable bonds is 5. The number of thioether (sulfide) groups is 1. The van der Waals surface area contributed by atoms with Crippen molar-refractivity contribution >= 4 is 33.3 Å². The summed E-state index contributed by atoms with van der Waals surface area (Å²) in [6.07, 6.45) is 1.69. The lowest BCUT2D eigenvalue weighted by atomic mass is 10.2. The lowest BCUT2D eigenvalue weighted by Gasteiger charge is -2.06. The molecule has 0 aliphatic heterocycles. The summed E-state index contributed by atoms with van der Waals surface area (Å²) in [5, 5.41) is 8.85. The van der Waals surface area contributed by atoms with Crippen molar-refractivity contribution in [3.8, 4) is 17.1 Å². The Morgan fingerprint density at radius 1 is 1.18 bits per heavy atom. The third-order valence-electron chi connectivity index (χ3n) is 4.04. The molecule has 0 aliphatic rings. The van der Waals surface area contributed by atoms with Gasteiger partial charge in [-0.1, -0.05) is 11.8 Å². The number of ether oxygens (including phenoxy) is 1. The number of pyridine rings is 1. The average molecular weight is 459 g/mol. The molecule has 0 amide bonds. The highest BCUT2D eigenvalue weighted by Crippen LogP contribution is 2.25. The van der Waals surface area contributed by atoms with E-state index in [0.29, 0.717) is 28.1 Å². The third-order valence-corrected chi connectivity index (χ3v) is 5.48. The SMILES string of the molecule is COc1ccc(-c2nnc(SCc3cc(=O)n4cc(Br)ccc4n3)n2N)cc1. The number of methoxy groups -OCH3 is 1. The summed E-state index contributed by atoms with van der Waals surface area (Å²) in [5.74, 6) is 7.89. The first-order valence-electron chi connectivity index (χ1n) is 8.21. The van der Waals surface area contributed by atoms with Crippen molar-refractivity contribution in [2.24, 2.45) is 0 Å². The molecule has 3 aromatic heterocycles. The van der Waals surface area contributed by atoms with Crippen LogP contribution in [0.2, 0.25) is 0 Å². The molecule has 0 saturated carbocycles. The summed E-state index contributed by atoms with van der Waals surface area (Å²) >= 11 is 4.72. The van der Waals surface area contributed by atoms with Crippen LogP contribution in [-0.4, -0.2) is 31.4 Å². The number of aromatic nitrogens is 5. The Morgan fingerprint density at radius 3 is 2.71 bits per heavy atom. The highest BCUT2D eigenvalue weighted by atomic mass is 79.9. The smallest absolute Gasteiger partial charge is 0.258 e. The maximum absolute atomic E-state index is 12.3. The zero-order valence-corrected chi connectivity index (χ0v) is 17.1. The van der Waals surface area contributed by atoms with Crippen molar-refractivity contribution in [2.75, 3.05) is 13.0 Å². The molecule has 28 heavy (non-hydrogen) atoms. The standard InChI is InChI=1S/C18H15BrN6O2S/c1-27-14-5-2-11(3-6-14)17-22-23-18(25(17)20)28-10-13-8-16(26)24-9-12(19)4-7-15(24)21-13/h2-9H,10,20H2,1H3. The number of nitrogens with two attached hydrogens (primary N) is 1. The first-order valence-corrected chi connectivity index (χ1v) is 9.98. The molecule has 4 rings (SSSR count). The number of benzene rings is 1. The van der Waals surface area contributed by atoms with E-state index in [2.05, 4.69) is 31.1 Å². The molecule has 0 atom stereocenters. The maximum atomic E-state index is 12.3. The zero-order chi connectivity index (χ0) is 19.7. The summed E-state index contributed by atoms with van der Waals surface area (Å²) in [7, 11) is 1.61. The van der Waals surface area contributed by atoms with Crippen LogP contribution in [0.4, 0.5) is 0 Å². The molecular weight excluding hydrogens is 444 g/mol. The second kappa shape index (κ2) is 7.64. The highest BCUT2D eigenvalue weighted by Gasteiger charge is 2.13. The number of fused-ring (bicyclic) bond motifs is 1. The average Bonchev–Trinajstić information content (AvgIpc) is 3.07. The van der Waals surface area contributed by atoms with E-state index in [4.69, 9.17) is 10.6 Å². The molecule has 0 spiro atoms. The van der Waals surface area contributed by atoms with E-state index in [9.17, 15) is 4.79 Å². The minimum absolute atomic E-state index is 0.143. The molecule has 0 radical (unpaired) electrons. The predicted molar refractivity (Wildman–Crippen MR) is 111 cm³/mol. The largest absolute Gasteiger partial charge is 0.497 e. The Morgan fingerprint density at radius 2 is 1.96 bits per heavy atom. The summed E-state index contributed by atoms with van der Waals surface area (Å²) in [4.78, 5) is 16.8. The minimum Gasteiger partial charge on any atom is -0.497 e. The second-order valence-electron chi connectivity index (χ2n) is 5.85. The molecule has 4 aromatic rings. The Bertz CT molecular complexity index is 1210. The maximum Gasteiger partial charge on any atom is 0.258 e. The van der Waals surface area contributed by atoms with Crippen molar-refractivity contribution in [1.82, 2.24) is 24.3 Å². The van der Waals surface area contributed by atoms with Gasteiger partial charge in [-0.2, -0.15) is 0 Å². The summed E-state index contributed by atoms with van der Waals surface area (Å²) in [5.41, 5.74) is 1.91. The number of nitrogen functional groups attached to an aromatic ring is 1. The highest BCUT2D eigenvalue weighted by molar-refractivity contribution is 9.10. The molecule has 8 nitrogen and oxygen atoms in total. The van der Waals surface area contributed by atoms with Gasteiger partial charge in [-0.15, -0.1) is 10.2 Å². The van der Waals surface area contributed by atoms with E-state index in [1.165, 1.54) is 26.9 Å². The van der Waals surface area contributed by atoms with Gasteiger partial charge in [0, 0.05) is 28.1 Å². The second-order valence-corrected chi connectivity index (χ2v) is 7.71. The molecule has 0 saturated heterocycles. The van der Waals surface area contributed by atoms with Crippen molar-refractivity contribution in [2.45, 2.75) is 10.9 Å². The number of hydrogen-bond acceptors (Lipinski definition) is 7. The van der Waals surface area contributed by atoms with Crippen LogP contribution < -0.4 is 16.1 Å². The zero-order valence-electron chi connectivity index (χ0n) is 14.7. The molecular formula is C18H15BrN6O2S.